The van der Waals surface area contributed by atoms with Gasteiger partial charge in [-0.25, -0.2) is 0 Å². The minimum Gasteiger partial charge on any atom is -0.383 e. The second-order valence-electron chi connectivity index (χ2n) is 6.84. The standard InChI is InChI=1S/C16H28F3NO2/c1-12-4-2-3-5-14(12)22-11-10-20-8-6-13(7-9-20)15(21)16(17,18)19/h12-15,21H,2-11H2,1H3. The van der Waals surface area contributed by atoms with E-state index in [1.807, 2.05) is 0 Å². The van der Waals surface area contributed by atoms with E-state index < -0.39 is 18.2 Å². The molecular formula is C16H28F3NO2. The molecular weight excluding hydrogens is 295 g/mol. The zero-order valence-corrected chi connectivity index (χ0v) is 13.3. The van der Waals surface area contributed by atoms with Gasteiger partial charge in [0.15, 0.2) is 6.10 Å². The Kier molecular flexibility index (Phi) is 6.53. The second-order valence-corrected chi connectivity index (χ2v) is 6.84. The van der Waals surface area contributed by atoms with Crippen LogP contribution in [0.3, 0.4) is 0 Å². The van der Waals surface area contributed by atoms with Crippen molar-refractivity contribution in [3.8, 4) is 0 Å². The molecule has 130 valence electrons. The molecule has 3 nitrogen and oxygen atoms in total. The molecule has 2 rings (SSSR count). The number of alkyl halides is 3. The van der Waals surface area contributed by atoms with Crippen LogP contribution in [0.5, 0.6) is 0 Å². The highest BCUT2D eigenvalue weighted by Crippen LogP contribution is 2.31. The Morgan fingerprint density at radius 3 is 2.36 bits per heavy atom. The van der Waals surface area contributed by atoms with Gasteiger partial charge in [0.05, 0.1) is 12.7 Å². The van der Waals surface area contributed by atoms with Gasteiger partial charge >= 0.3 is 6.18 Å². The van der Waals surface area contributed by atoms with E-state index in [9.17, 15) is 18.3 Å². The van der Waals surface area contributed by atoms with Crippen LogP contribution in [-0.4, -0.2) is 54.6 Å². The molecule has 0 amide bonds. The van der Waals surface area contributed by atoms with Gasteiger partial charge in [-0.3, -0.25) is 0 Å². The lowest BCUT2D eigenvalue weighted by molar-refractivity contribution is -0.223. The molecule has 0 aromatic carbocycles. The summed E-state index contributed by atoms with van der Waals surface area (Å²) in [6.45, 7) is 4.89. The molecule has 1 aliphatic heterocycles. The largest absolute Gasteiger partial charge is 0.414 e. The third-order valence-corrected chi connectivity index (χ3v) is 5.19. The van der Waals surface area contributed by atoms with Gasteiger partial charge in [0.1, 0.15) is 0 Å². The van der Waals surface area contributed by atoms with Crippen molar-refractivity contribution in [3.05, 3.63) is 0 Å². The topological polar surface area (TPSA) is 32.7 Å². The van der Waals surface area contributed by atoms with Gasteiger partial charge in [0, 0.05) is 6.54 Å². The van der Waals surface area contributed by atoms with E-state index in [0.717, 1.165) is 13.0 Å². The number of aliphatic hydroxyl groups is 1. The summed E-state index contributed by atoms with van der Waals surface area (Å²) in [7, 11) is 0. The third kappa shape index (κ3) is 5.10. The maximum Gasteiger partial charge on any atom is 0.414 e. The Balaban J connectivity index is 1.63. The summed E-state index contributed by atoms with van der Waals surface area (Å²) in [5.41, 5.74) is 0. The third-order valence-electron chi connectivity index (χ3n) is 5.19. The van der Waals surface area contributed by atoms with E-state index in [1.54, 1.807) is 0 Å². The highest BCUT2D eigenvalue weighted by molar-refractivity contribution is 4.81. The SMILES string of the molecule is CC1CCCCC1OCCN1CCC(C(O)C(F)(F)F)CC1. The van der Waals surface area contributed by atoms with Crippen LogP contribution in [0.2, 0.25) is 0 Å². The van der Waals surface area contributed by atoms with E-state index in [-0.39, 0.29) is 0 Å². The molecule has 0 spiro atoms. The monoisotopic (exact) mass is 323 g/mol. The predicted molar refractivity (Wildman–Crippen MR) is 78.6 cm³/mol. The molecule has 0 aromatic heterocycles. The maximum atomic E-state index is 12.5. The van der Waals surface area contributed by atoms with Crippen molar-refractivity contribution in [1.82, 2.24) is 4.90 Å². The first-order chi connectivity index (χ1) is 10.4. The van der Waals surface area contributed by atoms with Crippen molar-refractivity contribution in [3.63, 3.8) is 0 Å². The van der Waals surface area contributed by atoms with Crippen molar-refractivity contribution in [2.75, 3.05) is 26.2 Å². The summed E-state index contributed by atoms with van der Waals surface area (Å²) >= 11 is 0. The van der Waals surface area contributed by atoms with E-state index in [4.69, 9.17) is 4.74 Å². The number of rotatable bonds is 5. The number of nitrogens with zero attached hydrogens (tertiary/aromatic N) is 1. The zero-order chi connectivity index (χ0) is 16.2. The highest BCUT2D eigenvalue weighted by Gasteiger charge is 2.44. The van der Waals surface area contributed by atoms with Crippen molar-refractivity contribution >= 4 is 0 Å². The van der Waals surface area contributed by atoms with Crippen molar-refractivity contribution in [1.29, 1.82) is 0 Å². The van der Waals surface area contributed by atoms with Crippen LogP contribution < -0.4 is 0 Å². The molecule has 3 unspecified atom stereocenters. The lowest BCUT2D eigenvalue weighted by Gasteiger charge is -2.35. The molecule has 2 aliphatic rings. The summed E-state index contributed by atoms with van der Waals surface area (Å²) in [4.78, 5) is 2.15. The van der Waals surface area contributed by atoms with E-state index in [1.165, 1.54) is 19.3 Å². The van der Waals surface area contributed by atoms with Crippen LogP contribution >= 0.6 is 0 Å². The first-order valence-electron chi connectivity index (χ1n) is 8.46. The molecule has 2 fully saturated rings. The first-order valence-corrected chi connectivity index (χ1v) is 8.46. The Bertz CT molecular complexity index is 330. The van der Waals surface area contributed by atoms with Crippen molar-refractivity contribution < 1.29 is 23.0 Å². The number of aliphatic hydroxyl groups excluding tert-OH is 1. The quantitative estimate of drug-likeness (QED) is 0.843. The average molecular weight is 323 g/mol. The average Bonchev–Trinajstić information content (AvgIpc) is 2.48. The number of halogens is 3. The maximum absolute atomic E-state index is 12.5. The molecule has 6 heteroatoms. The van der Waals surface area contributed by atoms with Gasteiger partial charge in [0.25, 0.3) is 0 Å². The Hall–Kier alpha value is -0.330. The van der Waals surface area contributed by atoms with Gasteiger partial charge in [-0.1, -0.05) is 19.8 Å². The normalized spacial score (nSPS) is 30.4. The van der Waals surface area contributed by atoms with Gasteiger partial charge < -0.3 is 14.7 Å². The molecule has 1 saturated carbocycles. The minimum absolute atomic E-state index is 0.346. The van der Waals surface area contributed by atoms with Crippen molar-refractivity contribution in [2.45, 2.75) is 63.8 Å². The van der Waals surface area contributed by atoms with Crippen LogP contribution in [0.4, 0.5) is 13.2 Å². The fourth-order valence-corrected chi connectivity index (χ4v) is 3.62. The summed E-state index contributed by atoms with van der Waals surface area (Å²) < 4.78 is 43.4. The molecule has 22 heavy (non-hydrogen) atoms. The Labute approximate surface area is 130 Å². The second kappa shape index (κ2) is 7.97. The summed E-state index contributed by atoms with van der Waals surface area (Å²) in [5.74, 6) is -0.0445. The molecule has 1 heterocycles. The zero-order valence-electron chi connectivity index (χ0n) is 13.3. The van der Waals surface area contributed by atoms with Gasteiger partial charge in [-0.15, -0.1) is 0 Å². The number of piperidine rings is 1. The molecule has 0 radical (unpaired) electrons. The molecule has 1 saturated heterocycles. The first kappa shape index (κ1) is 18.0. The van der Waals surface area contributed by atoms with Crippen LogP contribution in [-0.2, 0) is 4.74 Å². The van der Waals surface area contributed by atoms with Crippen LogP contribution in [0.15, 0.2) is 0 Å². The van der Waals surface area contributed by atoms with Crippen LogP contribution in [0.25, 0.3) is 0 Å². The fraction of sp³-hybridized carbons (Fsp3) is 1.00. The predicted octanol–water partition coefficient (Wildman–Crippen LogP) is 3.22. The van der Waals surface area contributed by atoms with Crippen LogP contribution in [0, 0.1) is 11.8 Å². The van der Waals surface area contributed by atoms with Gasteiger partial charge in [-0.2, -0.15) is 13.2 Å². The minimum atomic E-state index is -4.49. The number of ether oxygens (including phenoxy) is 1. The highest BCUT2D eigenvalue weighted by atomic mass is 19.4. The van der Waals surface area contributed by atoms with Gasteiger partial charge in [0.2, 0.25) is 0 Å². The lowest BCUT2D eigenvalue weighted by Crippen LogP contribution is -2.44. The van der Waals surface area contributed by atoms with E-state index >= 15 is 0 Å². The number of hydrogen-bond acceptors (Lipinski definition) is 3. The Morgan fingerprint density at radius 1 is 1.14 bits per heavy atom. The Morgan fingerprint density at radius 2 is 1.77 bits per heavy atom. The van der Waals surface area contributed by atoms with Crippen molar-refractivity contribution in [2.24, 2.45) is 11.8 Å². The van der Waals surface area contributed by atoms with Crippen LogP contribution in [0.1, 0.15) is 45.4 Å². The lowest BCUT2D eigenvalue weighted by atomic mass is 9.88. The smallest absolute Gasteiger partial charge is 0.383 e. The molecule has 1 aliphatic carbocycles. The molecule has 0 aromatic rings. The van der Waals surface area contributed by atoms with E-state index in [2.05, 4.69) is 11.8 Å². The van der Waals surface area contributed by atoms with Gasteiger partial charge in [-0.05, 0) is 50.6 Å². The fourth-order valence-electron chi connectivity index (χ4n) is 3.62. The summed E-state index contributed by atoms with van der Waals surface area (Å²) in [5, 5.41) is 9.30. The summed E-state index contributed by atoms with van der Waals surface area (Å²) in [6.07, 6.45) is -0.640. The molecule has 3 atom stereocenters. The summed E-state index contributed by atoms with van der Waals surface area (Å²) in [6, 6.07) is 0. The van der Waals surface area contributed by atoms with E-state index in [0.29, 0.717) is 44.6 Å². The molecule has 1 N–H and O–H groups in total. The number of hydrogen-bond donors (Lipinski definition) is 1. The number of likely N-dealkylation sites (tertiary alicyclic amines) is 1. The molecule has 0 bridgehead atoms.